The Morgan fingerprint density at radius 2 is 1.50 bits per heavy atom. The Bertz CT molecular complexity index is 898. The van der Waals surface area contributed by atoms with Crippen LogP contribution in [0.1, 0.15) is 6.42 Å². The van der Waals surface area contributed by atoms with Crippen LogP contribution in [0.2, 0.25) is 0 Å². The van der Waals surface area contributed by atoms with E-state index in [9.17, 15) is 12.8 Å². The first kappa shape index (κ1) is 22.5. The van der Waals surface area contributed by atoms with E-state index < -0.39 is 9.84 Å². The van der Waals surface area contributed by atoms with Gasteiger partial charge in [-0.25, -0.2) is 12.8 Å². The lowest BCUT2D eigenvalue weighted by Gasteiger charge is -2.34. The SMILES string of the molecule is CS(=O)(=O)c1ccc(OCCCN2CCN(CCOc3ccccc3F)CC2)cc1. The molecule has 1 aliphatic heterocycles. The van der Waals surface area contributed by atoms with Crippen LogP contribution >= 0.6 is 0 Å². The van der Waals surface area contributed by atoms with Crippen molar-refractivity contribution in [3.05, 3.63) is 54.3 Å². The second-order valence-electron chi connectivity index (χ2n) is 7.41. The lowest BCUT2D eigenvalue weighted by molar-refractivity contribution is 0.111. The average Bonchev–Trinajstić information content (AvgIpc) is 2.73. The summed E-state index contributed by atoms with van der Waals surface area (Å²) in [6.07, 6.45) is 2.10. The molecule has 3 rings (SSSR count). The zero-order valence-electron chi connectivity index (χ0n) is 17.3. The van der Waals surface area contributed by atoms with Crippen molar-refractivity contribution in [1.82, 2.24) is 9.80 Å². The molecule has 30 heavy (non-hydrogen) atoms. The van der Waals surface area contributed by atoms with E-state index in [0.29, 0.717) is 29.6 Å². The van der Waals surface area contributed by atoms with Crippen molar-refractivity contribution in [2.75, 3.05) is 58.7 Å². The Hall–Kier alpha value is -2.16. The quantitative estimate of drug-likeness (QED) is 0.534. The number of benzene rings is 2. The molecule has 1 saturated heterocycles. The van der Waals surface area contributed by atoms with Gasteiger partial charge in [0.05, 0.1) is 11.5 Å². The van der Waals surface area contributed by atoms with Gasteiger partial charge >= 0.3 is 0 Å². The van der Waals surface area contributed by atoms with Crippen LogP contribution in [-0.4, -0.2) is 77.0 Å². The molecule has 0 aliphatic carbocycles. The van der Waals surface area contributed by atoms with E-state index >= 15 is 0 Å². The molecule has 0 N–H and O–H groups in total. The maximum Gasteiger partial charge on any atom is 0.175 e. The van der Waals surface area contributed by atoms with Gasteiger partial charge in [0.25, 0.3) is 0 Å². The van der Waals surface area contributed by atoms with Crippen LogP contribution in [0.5, 0.6) is 11.5 Å². The Labute approximate surface area is 178 Å². The fraction of sp³-hybridized carbons (Fsp3) is 0.455. The zero-order valence-corrected chi connectivity index (χ0v) is 18.1. The Morgan fingerprint density at radius 1 is 0.867 bits per heavy atom. The summed E-state index contributed by atoms with van der Waals surface area (Å²) in [4.78, 5) is 5.04. The number of sulfone groups is 1. The van der Waals surface area contributed by atoms with Crippen molar-refractivity contribution < 1.29 is 22.3 Å². The van der Waals surface area contributed by atoms with Crippen molar-refractivity contribution in [2.24, 2.45) is 0 Å². The minimum atomic E-state index is -3.18. The molecule has 2 aromatic rings. The largest absolute Gasteiger partial charge is 0.494 e. The number of hydrogen-bond donors (Lipinski definition) is 0. The number of ether oxygens (including phenoxy) is 2. The number of nitrogens with zero attached hydrogens (tertiary/aromatic N) is 2. The number of hydrogen-bond acceptors (Lipinski definition) is 6. The van der Waals surface area contributed by atoms with Gasteiger partial charge in [0.15, 0.2) is 21.4 Å². The molecular formula is C22H29FN2O4S. The first-order chi connectivity index (χ1) is 14.4. The van der Waals surface area contributed by atoms with Crippen LogP contribution < -0.4 is 9.47 Å². The van der Waals surface area contributed by atoms with Crippen molar-refractivity contribution >= 4 is 9.84 Å². The van der Waals surface area contributed by atoms with E-state index in [-0.39, 0.29) is 5.82 Å². The standard InChI is InChI=1S/C22H29FN2O4S/c1-30(26,27)20-9-7-19(8-10-20)28-17-4-11-24-12-14-25(15-13-24)16-18-29-22-6-3-2-5-21(22)23/h2-3,5-10H,4,11-18H2,1H3. The highest BCUT2D eigenvalue weighted by Crippen LogP contribution is 2.17. The first-order valence-electron chi connectivity index (χ1n) is 10.2. The molecular weight excluding hydrogens is 407 g/mol. The molecule has 1 fully saturated rings. The van der Waals surface area contributed by atoms with Crippen LogP contribution in [-0.2, 0) is 9.84 Å². The highest BCUT2D eigenvalue weighted by atomic mass is 32.2. The van der Waals surface area contributed by atoms with Crippen molar-refractivity contribution in [3.63, 3.8) is 0 Å². The summed E-state index contributed by atoms with van der Waals surface area (Å²) in [5, 5.41) is 0. The number of halogens is 1. The summed E-state index contributed by atoms with van der Waals surface area (Å²) >= 11 is 0. The van der Waals surface area contributed by atoms with Crippen LogP contribution in [0.25, 0.3) is 0 Å². The van der Waals surface area contributed by atoms with E-state index in [2.05, 4.69) is 9.80 Å². The van der Waals surface area contributed by atoms with E-state index in [0.717, 1.165) is 45.7 Å². The van der Waals surface area contributed by atoms with Gasteiger partial charge in [0.1, 0.15) is 12.4 Å². The fourth-order valence-electron chi connectivity index (χ4n) is 3.34. The Morgan fingerprint density at radius 3 is 2.13 bits per heavy atom. The molecule has 1 heterocycles. The van der Waals surface area contributed by atoms with Crippen LogP contribution in [0, 0.1) is 5.82 Å². The predicted octanol–water partition coefficient (Wildman–Crippen LogP) is 2.69. The fourth-order valence-corrected chi connectivity index (χ4v) is 3.97. The Balaban J connectivity index is 1.27. The minimum Gasteiger partial charge on any atom is -0.494 e. The summed E-state index contributed by atoms with van der Waals surface area (Å²) in [5.74, 6) is 0.667. The first-order valence-corrected chi connectivity index (χ1v) is 12.1. The van der Waals surface area contributed by atoms with E-state index in [1.165, 1.54) is 12.3 Å². The van der Waals surface area contributed by atoms with Crippen molar-refractivity contribution in [2.45, 2.75) is 11.3 Å². The summed E-state index contributed by atoms with van der Waals surface area (Å²) in [5.41, 5.74) is 0. The van der Waals surface area contributed by atoms with Gasteiger partial charge in [0.2, 0.25) is 0 Å². The molecule has 0 atom stereocenters. The second-order valence-corrected chi connectivity index (χ2v) is 9.42. The van der Waals surface area contributed by atoms with Crippen LogP contribution in [0.15, 0.2) is 53.4 Å². The van der Waals surface area contributed by atoms with Gasteiger partial charge in [-0.05, 0) is 42.8 Å². The van der Waals surface area contributed by atoms with Gasteiger partial charge in [-0.3, -0.25) is 4.90 Å². The average molecular weight is 437 g/mol. The molecule has 6 nitrogen and oxygen atoms in total. The van der Waals surface area contributed by atoms with Gasteiger partial charge in [0, 0.05) is 45.5 Å². The molecule has 8 heteroatoms. The normalized spacial score (nSPS) is 15.8. The molecule has 0 aromatic heterocycles. The summed E-state index contributed by atoms with van der Waals surface area (Å²) in [7, 11) is -3.18. The molecule has 0 unspecified atom stereocenters. The molecule has 164 valence electrons. The van der Waals surface area contributed by atoms with E-state index in [1.807, 2.05) is 0 Å². The number of para-hydroxylation sites is 1. The van der Waals surface area contributed by atoms with E-state index in [4.69, 9.17) is 9.47 Å². The number of piperazine rings is 1. The molecule has 0 bridgehead atoms. The third kappa shape index (κ3) is 6.97. The topological polar surface area (TPSA) is 59.1 Å². The van der Waals surface area contributed by atoms with Crippen molar-refractivity contribution in [3.8, 4) is 11.5 Å². The molecule has 0 amide bonds. The van der Waals surface area contributed by atoms with Crippen molar-refractivity contribution in [1.29, 1.82) is 0 Å². The lowest BCUT2D eigenvalue weighted by Crippen LogP contribution is -2.47. The molecule has 2 aromatic carbocycles. The molecule has 0 radical (unpaired) electrons. The summed E-state index contributed by atoms with van der Waals surface area (Å²) in [6, 6.07) is 13.0. The van der Waals surface area contributed by atoms with E-state index in [1.54, 1.807) is 42.5 Å². The predicted molar refractivity (Wildman–Crippen MR) is 114 cm³/mol. The maximum absolute atomic E-state index is 13.5. The van der Waals surface area contributed by atoms with Gasteiger partial charge in [-0.2, -0.15) is 0 Å². The number of rotatable bonds is 10. The highest BCUT2D eigenvalue weighted by Gasteiger charge is 2.16. The van der Waals surface area contributed by atoms with Crippen LogP contribution in [0.3, 0.4) is 0 Å². The van der Waals surface area contributed by atoms with Gasteiger partial charge in [-0.15, -0.1) is 0 Å². The molecule has 0 saturated carbocycles. The summed E-state index contributed by atoms with van der Waals surface area (Å²) < 4.78 is 47.7. The minimum absolute atomic E-state index is 0.298. The van der Waals surface area contributed by atoms with Gasteiger partial charge in [-0.1, -0.05) is 12.1 Å². The summed E-state index contributed by atoms with van der Waals surface area (Å²) in [6.45, 7) is 6.73. The molecule has 1 aliphatic rings. The third-order valence-corrected chi connectivity index (χ3v) is 6.23. The third-order valence-electron chi connectivity index (χ3n) is 5.11. The zero-order chi connectivity index (χ0) is 21.4. The van der Waals surface area contributed by atoms with Gasteiger partial charge < -0.3 is 14.4 Å². The Kier molecular flexibility index (Phi) is 8.07. The second kappa shape index (κ2) is 10.7. The van der Waals surface area contributed by atoms with Crippen LogP contribution in [0.4, 0.5) is 4.39 Å². The lowest BCUT2D eigenvalue weighted by atomic mass is 10.3. The molecule has 0 spiro atoms. The monoisotopic (exact) mass is 436 g/mol. The highest BCUT2D eigenvalue weighted by molar-refractivity contribution is 7.90. The maximum atomic E-state index is 13.5. The smallest absolute Gasteiger partial charge is 0.175 e.